The van der Waals surface area contributed by atoms with Gasteiger partial charge < -0.3 is 14.5 Å². The number of hydrogen-bond acceptors (Lipinski definition) is 6. The van der Waals surface area contributed by atoms with Gasteiger partial charge in [0.05, 0.1) is 42.5 Å². The van der Waals surface area contributed by atoms with Crippen molar-refractivity contribution in [3.05, 3.63) is 71.1 Å². The van der Waals surface area contributed by atoms with E-state index >= 15 is 0 Å². The van der Waals surface area contributed by atoms with Crippen LogP contribution in [0.1, 0.15) is 39.6 Å². The summed E-state index contributed by atoms with van der Waals surface area (Å²) < 4.78 is 12.0. The molecule has 0 fully saturated rings. The van der Waals surface area contributed by atoms with Gasteiger partial charge in [-0.15, -0.1) is 0 Å². The molecule has 0 bridgehead atoms. The van der Waals surface area contributed by atoms with Gasteiger partial charge in [0.2, 0.25) is 0 Å². The van der Waals surface area contributed by atoms with Crippen LogP contribution < -0.4 is 5.32 Å². The average molecular weight is 432 g/mol. The highest BCUT2D eigenvalue weighted by Gasteiger charge is 2.24. The minimum absolute atomic E-state index is 0.0105. The van der Waals surface area contributed by atoms with Gasteiger partial charge in [-0.25, -0.2) is 4.98 Å². The van der Waals surface area contributed by atoms with Gasteiger partial charge in [0, 0.05) is 7.05 Å². The second kappa shape index (κ2) is 8.66. The van der Waals surface area contributed by atoms with E-state index in [4.69, 9.17) is 9.15 Å². The van der Waals surface area contributed by atoms with Gasteiger partial charge in [0.15, 0.2) is 11.4 Å². The molecule has 4 aromatic rings. The zero-order valence-electron chi connectivity index (χ0n) is 18.4. The van der Waals surface area contributed by atoms with Crippen molar-refractivity contribution >= 4 is 22.9 Å². The van der Waals surface area contributed by atoms with E-state index in [0.29, 0.717) is 33.7 Å². The van der Waals surface area contributed by atoms with E-state index in [1.54, 1.807) is 36.2 Å². The topological polar surface area (TPSA) is 99.2 Å². The lowest BCUT2D eigenvalue weighted by atomic mass is 10.0. The van der Waals surface area contributed by atoms with Crippen LogP contribution in [0, 0.1) is 13.8 Å². The fourth-order valence-corrected chi connectivity index (χ4v) is 3.71. The Balaban J connectivity index is 1.77. The molecule has 0 radical (unpaired) electrons. The van der Waals surface area contributed by atoms with Crippen molar-refractivity contribution in [2.24, 2.45) is 7.05 Å². The van der Waals surface area contributed by atoms with Gasteiger partial charge in [-0.05, 0) is 37.6 Å². The maximum atomic E-state index is 13.5. The highest BCUT2D eigenvalue weighted by molar-refractivity contribution is 6.07. The van der Waals surface area contributed by atoms with E-state index in [9.17, 15) is 9.59 Å². The van der Waals surface area contributed by atoms with Crippen molar-refractivity contribution in [3.8, 4) is 11.5 Å². The molecule has 32 heavy (non-hydrogen) atoms. The highest BCUT2D eigenvalue weighted by Crippen LogP contribution is 2.28. The summed E-state index contributed by atoms with van der Waals surface area (Å²) in [7, 11) is 3.11. The average Bonchev–Trinajstić information content (AvgIpc) is 3.41. The predicted octanol–water partition coefficient (Wildman–Crippen LogP) is 3.88. The lowest BCUT2D eigenvalue weighted by molar-refractivity contribution is -0.141. The number of benzene rings is 1. The molecule has 1 unspecified atom stereocenters. The largest absolute Gasteiger partial charge is 0.469 e. The van der Waals surface area contributed by atoms with E-state index in [1.165, 1.54) is 7.11 Å². The van der Waals surface area contributed by atoms with Gasteiger partial charge >= 0.3 is 5.97 Å². The van der Waals surface area contributed by atoms with Crippen LogP contribution >= 0.6 is 0 Å². The Morgan fingerprint density at radius 1 is 1.19 bits per heavy atom. The van der Waals surface area contributed by atoms with Gasteiger partial charge in [-0.1, -0.05) is 29.8 Å². The molecule has 1 aromatic carbocycles. The summed E-state index contributed by atoms with van der Waals surface area (Å²) in [5, 5.41) is 8.09. The first-order valence-corrected chi connectivity index (χ1v) is 10.2. The molecule has 0 aliphatic rings. The number of nitrogens with zero attached hydrogens (tertiary/aromatic N) is 3. The number of rotatable bonds is 6. The van der Waals surface area contributed by atoms with E-state index in [1.807, 2.05) is 38.1 Å². The van der Waals surface area contributed by atoms with Crippen molar-refractivity contribution in [1.82, 2.24) is 20.1 Å². The number of carbonyl (C=O) groups is 2. The van der Waals surface area contributed by atoms with Crippen molar-refractivity contribution in [2.45, 2.75) is 26.3 Å². The van der Waals surface area contributed by atoms with Crippen LogP contribution in [-0.4, -0.2) is 33.8 Å². The lowest BCUT2D eigenvalue weighted by Gasteiger charge is -2.19. The third-order valence-electron chi connectivity index (χ3n) is 5.37. The Hall–Kier alpha value is -3.94. The van der Waals surface area contributed by atoms with E-state index in [2.05, 4.69) is 15.4 Å². The van der Waals surface area contributed by atoms with Crippen LogP contribution in [-0.2, 0) is 16.6 Å². The van der Waals surface area contributed by atoms with Crippen LogP contribution in [0.4, 0.5) is 0 Å². The first-order valence-electron chi connectivity index (χ1n) is 10.2. The Labute approximate surface area is 185 Å². The molecule has 1 atom stereocenters. The minimum Gasteiger partial charge on any atom is -0.469 e. The van der Waals surface area contributed by atoms with Gasteiger partial charge in [-0.2, -0.15) is 5.10 Å². The van der Waals surface area contributed by atoms with Crippen LogP contribution in [0.15, 0.2) is 53.1 Å². The Morgan fingerprint density at radius 2 is 1.94 bits per heavy atom. The maximum absolute atomic E-state index is 13.5. The fourth-order valence-electron chi connectivity index (χ4n) is 3.71. The third-order valence-corrected chi connectivity index (χ3v) is 5.37. The standard InChI is InChI=1S/C24H24N4O4/c1-14-7-9-16(10-8-14)18(13-21(29)31-4)26-24(30)17-12-19(20-6-5-11-32-20)25-23-22(17)15(2)27-28(23)3/h5-12,18H,13H2,1-4H3,(H,26,30). The number of aryl methyl sites for hydroxylation is 3. The zero-order chi connectivity index (χ0) is 22.8. The Morgan fingerprint density at radius 3 is 2.59 bits per heavy atom. The Bertz CT molecular complexity index is 1270. The predicted molar refractivity (Wildman–Crippen MR) is 119 cm³/mol. The van der Waals surface area contributed by atoms with E-state index < -0.39 is 12.0 Å². The van der Waals surface area contributed by atoms with Crippen LogP contribution in [0.25, 0.3) is 22.5 Å². The van der Waals surface area contributed by atoms with Crippen molar-refractivity contribution < 1.29 is 18.7 Å². The summed E-state index contributed by atoms with van der Waals surface area (Å²) >= 11 is 0. The molecule has 0 saturated carbocycles. The van der Waals surface area contributed by atoms with Gasteiger partial charge in [0.25, 0.3) is 5.91 Å². The summed E-state index contributed by atoms with van der Waals surface area (Å²) in [6.07, 6.45) is 1.57. The third kappa shape index (κ3) is 4.12. The number of ether oxygens (including phenoxy) is 1. The molecule has 3 heterocycles. The molecule has 0 aliphatic carbocycles. The second-order valence-corrected chi connectivity index (χ2v) is 7.66. The second-order valence-electron chi connectivity index (χ2n) is 7.66. The molecule has 8 nitrogen and oxygen atoms in total. The monoisotopic (exact) mass is 432 g/mol. The van der Waals surface area contributed by atoms with Crippen molar-refractivity contribution in [3.63, 3.8) is 0 Å². The van der Waals surface area contributed by atoms with E-state index in [0.717, 1.165) is 11.1 Å². The summed E-state index contributed by atoms with van der Waals surface area (Å²) in [6, 6.07) is 12.4. The molecule has 1 amide bonds. The number of aromatic nitrogens is 3. The van der Waals surface area contributed by atoms with Crippen molar-refractivity contribution in [2.75, 3.05) is 7.11 Å². The first kappa shape index (κ1) is 21.3. The number of hydrogen-bond donors (Lipinski definition) is 1. The van der Waals surface area contributed by atoms with Gasteiger partial charge in [0.1, 0.15) is 5.69 Å². The number of fused-ring (bicyclic) bond motifs is 1. The number of amides is 1. The lowest BCUT2D eigenvalue weighted by Crippen LogP contribution is -2.30. The van der Waals surface area contributed by atoms with Gasteiger partial charge in [-0.3, -0.25) is 14.3 Å². The Kier molecular flexibility index (Phi) is 5.77. The number of esters is 1. The van der Waals surface area contributed by atoms with Crippen LogP contribution in [0.2, 0.25) is 0 Å². The first-order chi connectivity index (χ1) is 15.4. The highest BCUT2D eigenvalue weighted by atomic mass is 16.5. The van der Waals surface area contributed by atoms with Crippen LogP contribution in [0.3, 0.4) is 0 Å². The minimum atomic E-state index is -0.553. The molecule has 8 heteroatoms. The molecule has 0 spiro atoms. The fraction of sp³-hybridized carbons (Fsp3) is 0.250. The summed E-state index contributed by atoms with van der Waals surface area (Å²) in [4.78, 5) is 30.2. The number of carbonyl (C=O) groups excluding carboxylic acids is 2. The van der Waals surface area contributed by atoms with E-state index in [-0.39, 0.29) is 12.3 Å². The number of nitrogens with one attached hydrogen (secondary N) is 1. The molecule has 1 N–H and O–H groups in total. The number of methoxy groups -OCH3 is 1. The smallest absolute Gasteiger partial charge is 0.307 e. The molecule has 0 aliphatic heterocycles. The summed E-state index contributed by atoms with van der Waals surface area (Å²) in [6.45, 7) is 3.81. The summed E-state index contributed by atoms with van der Waals surface area (Å²) in [5.74, 6) is -0.204. The van der Waals surface area contributed by atoms with Crippen molar-refractivity contribution in [1.29, 1.82) is 0 Å². The number of pyridine rings is 1. The molecular formula is C24H24N4O4. The maximum Gasteiger partial charge on any atom is 0.307 e. The summed E-state index contributed by atoms with van der Waals surface area (Å²) in [5.41, 5.74) is 4.09. The van der Waals surface area contributed by atoms with Crippen LogP contribution in [0.5, 0.6) is 0 Å². The molecule has 0 saturated heterocycles. The number of furan rings is 1. The quantitative estimate of drug-likeness (QED) is 0.464. The molecular weight excluding hydrogens is 408 g/mol. The normalized spacial score (nSPS) is 12.0. The molecule has 3 aromatic heterocycles. The zero-order valence-corrected chi connectivity index (χ0v) is 18.4. The molecule has 164 valence electrons. The SMILES string of the molecule is COC(=O)CC(NC(=O)c1cc(-c2ccco2)nc2c1c(C)nn2C)c1ccc(C)cc1. The molecule has 4 rings (SSSR count).